The number of hydrogen-bond acceptors (Lipinski definition) is 26. The molecule has 0 radical (unpaired) electrons. The van der Waals surface area contributed by atoms with Gasteiger partial charge in [0.1, 0.15) is 29.3 Å². The third kappa shape index (κ3) is 23.1. The second-order valence-electron chi connectivity index (χ2n) is 31.4. The van der Waals surface area contributed by atoms with Gasteiger partial charge in [0.15, 0.2) is 17.9 Å². The molecule has 8 aliphatic rings. The third-order valence-corrected chi connectivity index (χ3v) is 24.3. The number of nitrogens with two attached hydrogens (primary N) is 1. The number of nitrogens with one attached hydrogen (secondary N) is 3. The molecule has 1 saturated heterocycles. The Hall–Kier alpha value is -10.1. The molecule has 1 fully saturated rings. The van der Waals surface area contributed by atoms with E-state index < -0.39 is 28.2 Å². The van der Waals surface area contributed by atoms with Crippen LogP contribution in [0.15, 0.2) is 113 Å². The first kappa shape index (κ1) is 94.5. The van der Waals surface area contributed by atoms with Crippen molar-refractivity contribution in [1.29, 1.82) is 0 Å². The number of carbonyl (C=O) groups excluding carboxylic acids is 3. The summed E-state index contributed by atoms with van der Waals surface area (Å²) in [6, 6.07) is 17.9. The molecule has 10 aromatic rings. The lowest BCUT2D eigenvalue weighted by molar-refractivity contribution is -0.390. The van der Waals surface area contributed by atoms with Crippen molar-refractivity contribution < 1.29 is 33.5 Å². The van der Waals surface area contributed by atoms with Gasteiger partial charge >= 0.3 is 18.8 Å². The van der Waals surface area contributed by atoms with Crippen LogP contribution < -0.4 is 48.7 Å². The SMILES string of the molecule is CC=O.CCN1CCn2nc(N)cc2C1.CCN1CCn2nc(Nc3cc(B4OC(C)(C)C(C)(C)O4)cn(C)c3=O)cc2C1.CCN1CCn2nc(Nc3cc(Br)cn(C)c3=O)cc2C1.CCN1CCn2nc([N+](=O)[O-])cc2C1.Cn1cc(Br)cc(Br)c1=O.O=Cc1c(Cl)ccnc1N1CCc2c(cc3n2CCCC3)C1=O.O=[N+]([O-])c1cc2n(n1)CCNC2. The zero-order valence-electron chi connectivity index (χ0n) is 71.8. The number of likely N-dealkylation sites (N-methyl/N-ethyl adjacent to an activating group) is 4. The molecule has 43 heteroatoms. The number of hydrogen-bond donors (Lipinski definition) is 4. The molecule has 8 aliphatic heterocycles. The monoisotopic (exact) mass is 1920 g/mol. The first-order valence-corrected chi connectivity index (χ1v) is 43.9. The third-order valence-electron chi connectivity index (χ3n) is 22.5. The summed E-state index contributed by atoms with van der Waals surface area (Å²) in [7, 11) is 4.65. The fraction of sp³-hybridized carbons (Fsp3) is 0.481. The van der Waals surface area contributed by atoms with Gasteiger partial charge in [-0.3, -0.25) is 62.5 Å². The Morgan fingerprint density at radius 3 is 1.55 bits per heavy atom. The Labute approximate surface area is 747 Å². The molecular formula is C81H107BBr3ClN26O12. The average Bonchev–Trinajstić information content (AvgIpc) is 1.59. The summed E-state index contributed by atoms with van der Waals surface area (Å²) < 4.78 is 30.9. The number of nitro groups is 2. The zero-order valence-corrected chi connectivity index (χ0v) is 77.3. The van der Waals surface area contributed by atoms with Gasteiger partial charge in [0.05, 0.1) is 115 Å². The van der Waals surface area contributed by atoms with Gasteiger partial charge < -0.3 is 74.3 Å². The molecule has 18 rings (SSSR count). The van der Waals surface area contributed by atoms with Crippen LogP contribution in [0.2, 0.25) is 5.02 Å². The van der Waals surface area contributed by atoms with Gasteiger partial charge in [-0.2, -0.15) is 24.7 Å². The predicted molar refractivity (Wildman–Crippen MR) is 484 cm³/mol. The van der Waals surface area contributed by atoms with Crippen molar-refractivity contribution in [3.05, 3.63) is 206 Å². The summed E-state index contributed by atoms with van der Waals surface area (Å²) in [6.45, 7) is 37.0. The maximum Gasteiger partial charge on any atom is 0.496 e. The summed E-state index contributed by atoms with van der Waals surface area (Å²) in [5.74, 6) is 2.20. The highest BCUT2D eigenvalue weighted by Crippen LogP contribution is 2.37. The van der Waals surface area contributed by atoms with Crippen LogP contribution in [0, 0.1) is 20.2 Å². The number of amides is 1. The number of aldehydes is 2. The molecule has 10 aromatic heterocycles. The summed E-state index contributed by atoms with van der Waals surface area (Å²) in [6.07, 6.45) is 12.3. The molecular weight excluding hydrogens is 1820 g/mol. The molecule has 0 aliphatic carbocycles. The summed E-state index contributed by atoms with van der Waals surface area (Å²) in [5, 5.41) is 51.7. The highest BCUT2D eigenvalue weighted by atomic mass is 79.9. The largest absolute Gasteiger partial charge is 0.496 e. The van der Waals surface area contributed by atoms with Crippen LogP contribution >= 0.6 is 59.4 Å². The van der Waals surface area contributed by atoms with Crippen molar-refractivity contribution >= 4 is 137 Å². The first-order valence-electron chi connectivity index (χ1n) is 41.1. The van der Waals surface area contributed by atoms with Crippen LogP contribution in [0.25, 0.3) is 0 Å². The maximum absolute atomic E-state index is 12.9. The number of carbonyl (C=O) groups is 3. The van der Waals surface area contributed by atoms with Crippen LogP contribution in [0.3, 0.4) is 0 Å². The van der Waals surface area contributed by atoms with Crippen molar-refractivity contribution in [2.75, 3.05) is 86.7 Å². The van der Waals surface area contributed by atoms with E-state index >= 15 is 0 Å². The van der Waals surface area contributed by atoms with Crippen LogP contribution in [-0.4, -0.2) is 204 Å². The normalized spacial score (nSPS) is 16.5. The number of anilines is 6. The van der Waals surface area contributed by atoms with Gasteiger partial charge in [-0.15, -0.1) is 0 Å². The Morgan fingerprint density at radius 1 is 0.573 bits per heavy atom. The Balaban J connectivity index is 0.000000144. The number of aromatic nitrogens is 15. The quantitative estimate of drug-likeness (QED) is 0.0361. The minimum atomic E-state index is -0.527. The second kappa shape index (κ2) is 42.2. The minimum absolute atomic E-state index is 0.0248. The molecule has 1 amide bonds. The maximum atomic E-state index is 12.9. The molecule has 0 atom stereocenters. The van der Waals surface area contributed by atoms with Crippen LogP contribution in [-0.2, 0) is 120 Å². The molecule has 0 aromatic carbocycles. The zero-order chi connectivity index (χ0) is 89.6. The van der Waals surface area contributed by atoms with E-state index in [9.17, 15) is 44.2 Å². The number of aryl methyl sites for hydroxylation is 4. The van der Waals surface area contributed by atoms with E-state index in [1.807, 2.05) is 66.0 Å². The Bertz CT molecular complexity index is 5610. The van der Waals surface area contributed by atoms with Crippen molar-refractivity contribution in [3.63, 3.8) is 0 Å². The summed E-state index contributed by atoms with van der Waals surface area (Å²) >= 11 is 15.9. The number of nitrogen functional groups attached to an aromatic ring is 1. The number of pyridine rings is 4. The van der Waals surface area contributed by atoms with E-state index in [-0.39, 0.29) is 39.8 Å². The standard InChI is InChI=1S/C20H30BN5O3.C17H16ClN3O2.C14H18BrN5O.C8H12N4O2.C8H14N4.C6H5Br2NO.C6H8N4O2.C2H4O/c1-7-25-8-9-26-15(13-25)11-17(23-26)22-16-10-14(12-24(6)18(16)27)21-28-19(2,3)20(4,5)29-21;18-14-4-6-19-16(13(14)10-22)21-8-5-15-12(17(21)23)9-11-3-1-2-7-20(11)15;1-3-19-4-5-20-11(9-19)7-13(17-20)16-12-6-10(15)8-18(2)14(12)21;1-2-10-3-4-11-7(6-10)5-8(9-11)12(13)14;1-2-11-3-4-12-7(6-11)5-8(9)10-12;1-9-3-4(7)2-5(8)6(9)10;11-10(12)6-3-5-4-7-1-2-9(5)8-6;1-2-3/h10-12H,7-9,13H2,1-6H3,(H,22,23);4,6,9-10H,1-3,5,7-8H2;6-8H,3-5,9H2,1-2H3,(H,16,17);5H,2-4,6H2,1H3;5H,2-4,6H2,1H3,(H2,9,10);2-3H,1H3;3,7H,1-2,4H2;2H,1H3. The van der Waals surface area contributed by atoms with Crippen molar-refractivity contribution in [1.82, 2.24) is 97.1 Å². The van der Waals surface area contributed by atoms with E-state index in [4.69, 9.17) is 31.4 Å². The van der Waals surface area contributed by atoms with Gasteiger partial charge in [-0.05, 0) is 168 Å². The first-order chi connectivity index (χ1) is 59.1. The highest BCUT2D eigenvalue weighted by molar-refractivity contribution is 9.11. The van der Waals surface area contributed by atoms with Crippen LogP contribution in [0.5, 0.6) is 0 Å². The van der Waals surface area contributed by atoms with E-state index in [2.05, 4.69) is 146 Å². The molecule has 0 bridgehead atoms. The molecule has 664 valence electrons. The topological polar surface area (TPSA) is 407 Å². The van der Waals surface area contributed by atoms with Gasteiger partial charge in [-0.1, -0.05) is 39.3 Å². The molecule has 0 unspecified atom stereocenters. The number of rotatable bonds is 13. The second-order valence-corrected chi connectivity index (χ2v) is 34.5. The van der Waals surface area contributed by atoms with E-state index in [1.54, 1.807) is 93.5 Å². The minimum Gasteiger partial charge on any atom is -0.399 e. The van der Waals surface area contributed by atoms with E-state index in [0.717, 1.165) is 192 Å². The van der Waals surface area contributed by atoms with Gasteiger partial charge in [-0.25, -0.2) is 4.98 Å². The summed E-state index contributed by atoms with van der Waals surface area (Å²) in [5.41, 5.74) is 15.1. The van der Waals surface area contributed by atoms with Gasteiger partial charge in [0.2, 0.25) is 0 Å². The molecule has 124 heavy (non-hydrogen) atoms. The van der Waals surface area contributed by atoms with Crippen molar-refractivity contribution in [2.24, 2.45) is 21.1 Å². The van der Waals surface area contributed by atoms with Gasteiger partial charge in [0.25, 0.3) is 22.6 Å². The van der Waals surface area contributed by atoms with Crippen LogP contribution in [0.4, 0.5) is 46.3 Å². The lowest BCUT2D eigenvalue weighted by Crippen LogP contribution is -2.41. The van der Waals surface area contributed by atoms with E-state index in [0.29, 0.717) is 64.2 Å². The average molecular weight is 1920 g/mol. The number of nitrogens with zero attached hydrogens (tertiary/aromatic N) is 22. The summed E-state index contributed by atoms with van der Waals surface area (Å²) in [4.78, 5) is 104. The molecule has 5 N–H and O–H groups in total. The fourth-order valence-corrected chi connectivity index (χ4v) is 17.1. The lowest BCUT2D eigenvalue weighted by atomic mass is 9.80. The molecule has 18 heterocycles. The van der Waals surface area contributed by atoms with Crippen molar-refractivity contribution in [2.45, 2.75) is 171 Å². The Morgan fingerprint density at radius 2 is 1.04 bits per heavy atom. The lowest BCUT2D eigenvalue weighted by Gasteiger charge is -2.32. The molecule has 0 saturated carbocycles. The smallest absolute Gasteiger partial charge is 0.399 e. The van der Waals surface area contributed by atoms with Crippen molar-refractivity contribution in [3.8, 4) is 0 Å². The molecule has 0 spiro atoms. The van der Waals surface area contributed by atoms with E-state index in [1.165, 1.54) is 47.3 Å². The van der Waals surface area contributed by atoms with Crippen LogP contribution in [0.1, 0.15) is 136 Å². The fourth-order valence-electron chi connectivity index (χ4n) is 15.0. The predicted octanol–water partition coefficient (Wildman–Crippen LogP) is 9.21. The molecule has 38 nitrogen and oxygen atoms in total. The van der Waals surface area contributed by atoms with Gasteiger partial charge in [0, 0.05) is 175 Å². The highest BCUT2D eigenvalue weighted by Gasteiger charge is 2.52. The number of fused-ring (bicyclic) bond motifs is 8. The Kier molecular flexibility index (Phi) is 32.2. The number of halogens is 4.